The molecule has 9 nitrogen and oxygen atoms in total. The van der Waals surface area contributed by atoms with Crippen LogP contribution in [0.15, 0.2) is 66.9 Å². The molecule has 2 aromatic heterocycles. The van der Waals surface area contributed by atoms with Gasteiger partial charge in [-0.3, -0.25) is 19.3 Å². The Kier molecular flexibility index (Phi) is 9.00. The standard InChI is InChI=1S/C38H43FN6O3/c1-26(46)42-15-10-28(11-16-42)37(47)44-17-12-33(13-18-44)43-19-21-45(22-20-43)38(48)31-24-34(27-3-6-32(39)7-4-27)40-35(25-31)29-5-8-36-30(23-29)9-14-41(36)2/h3-9,14,23-25,28,33H,10-13,15-22H2,1-2H3. The van der Waals surface area contributed by atoms with E-state index < -0.39 is 0 Å². The first-order valence-electron chi connectivity index (χ1n) is 17.1. The highest BCUT2D eigenvalue weighted by Crippen LogP contribution is 2.29. The van der Waals surface area contributed by atoms with Crippen molar-refractivity contribution >= 4 is 28.6 Å². The number of benzene rings is 2. The minimum atomic E-state index is -0.317. The summed E-state index contributed by atoms with van der Waals surface area (Å²) in [6.07, 6.45) is 5.40. The number of piperidine rings is 2. The summed E-state index contributed by atoms with van der Waals surface area (Å²) in [6.45, 7) is 7.30. The van der Waals surface area contributed by atoms with Crippen molar-refractivity contribution in [2.75, 3.05) is 52.4 Å². The fourth-order valence-electron chi connectivity index (χ4n) is 7.64. The topological polar surface area (TPSA) is 82.0 Å². The molecule has 3 fully saturated rings. The Labute approximate surface area is 280 Å². The van der Waals surface area contributed by atoms with Crippen LogP contribution in [-0.4, -0.2) is 105 Å². The summed E-state index contributed by atoms with van der Waals surface area (Å²) in [5, 5.41) is 1.10. The predicted octanol–water partition coefficient (Wildman–Crippen LogP) is 5.05. The number of rotatable bonds is 5. The van der Waals surface area contributed by atoms with Crippen LogP contribution in [0.1, 0.15) is 43.0 Å². The van der Waals surface area contributed by atoms with Gasteiger partial charge in [0.1, 0.15) is 5.82 Å². The van der Waals surface area contributed by atoms with Crippen LogP contribution >= 0.6 is 0 Å². The van der Waals surface area contributed by atoms with Gasteiger partial charge in [-0.1, -0.05) is 6.07 Å². The lowest BCUT2D eigenvalue weighted by atomic mass is 9.93. The Morgan fingerprint density at radius 2 is 1.33 bits per heavy atom. The number of amides is 3. The van der Waals surface area contributed by atoms with Gasteiger partial charge in [0.2, 0.25) is 11.8 Å². The molecule has 0 N–H and O–H groups in total. The number of likely N-dealkylation sites (tertiary alicyclic amines) is 2. The summed E-state index contributed by atoms with van der Waals surface area (Å²) < 4.78 is 15.8. The third-order valence-electron chi connectivity index (χ3n) is 10.6. The van der Waals surface area contributed by atoms with E-state index in [0.717, 1.165) is 73.9 Å². The number of halogens is 1. The van der Waals surface area contributed by atoms with Crippen LogP contribution in [0.2, 0.25) is 0 Å². The Balaban J connectivity index is 1.00. The van der Waals surface area contributed by atoms with Crippen LogP contribution in [0.4, 0.5) is 4.39 Å². The first-order chi connectivity index (χ1) is 23.2. The smallest absolute Gasteiger partial charge is 0.254 e. The number of hydrogen-bond donors (Lipinski definition) is 0. The van der Waals surface area contributed by atoms with E-state index in [4.69, 9.17) is 4.98 Å². The van der Waals surface area contributed by atoms with E-state index in [2.05, 4.69) is 27.7 Å². The van der Waals surface area contributed by atoms with Gasteiger partial charge in [0.25, 0.3) is 5.91 Å². The lowest BCUT2D eigenvalue weighted by Crippen LogP contribution is -2.55. The van der Waals surface area contributed by atoms with Gasteiger partial charge in [0.05, 0.1) is 11.4 Å². The van der Waals surface area contributed by atoms with E-state index in [9.17, 15) is 18.8 Å². The summed E-state index contributed by atoms with van der Waals surface area (Å²) in [4.78, 5) is 52.1. The molecule has 250 valence electrons. The number of hydrogen-bond acceptors (Lipinski definition) is 5. The summed E-state index contributed by atoms with van der Waals surface area (Å²) >= 11 is 0. The van der Waals surface area contributed by atoms with Crippen molar-refractivity contribution in [3.05, 3.63) is 78.2 Å². The third-order valence-corrected chi connectivity index (χ3v) is 10.6. The van der Waals surface area contributed by atoms with E-state index >= 15 is 0 Å². The number of nitrogens with zero attached hydrogens (tertiary/aromatic N) is 6. The van der Waals surface area contributed by atoms with Crippen LogP contribution < -0.4 is 0 Å². The van der Waals surface area contributed by atoms with E-state index in [0.29, 0.717) is 49.2 Å². The van der Waals surface area contributed by atoms with E-state index in [1.807, 2.05) is 46.1 Å². The van der Waals surface area contributed by atoms with Gasteiger partial charge in [-0.05, 0) is 80.3 Å². The molecule has 0 bridgehead atoms. The molecule has 0 unspecified atom stereocenters. The number of pyridine rings is 1. The molecular weight excluding hydrogens is 607 g/mol. The second-order valence-electron chi connectivity index (χ2n) is 13.5. The van der Waals surface area contributed by atoms with Gasteiger partial charge in [-0.15, -0.1) is 0 Å². The molecule has 3 saturated heterocycles. The molecule has 4 aromatic rings. The van der Waals surface area contributed by atoms with Crippen molar-refractivity contribution in [2.24, 2.45) is 13.0 Å². The number of carbonyl (C=O) groups excluding carboxylic acids is 3. The van der Waals surface area contributed by atoms with Crippen LogP contribution in [0.5, 0.6) is 0 Å². The molecule has 2 aromatic carbocycles. The minimum Gasteiger partial charge on any atom is -0.351 e. The molecule has 7 rings (SSSR count). The van der Waals surface area contributed by atoms with Gasteiger partial charge < -0.3 is 19.3 Å². The average Bonchev–Trinajstić information content (AvgIpc) is 3.50. The van der Waals surface area contributed by atoms with Crippen LogP contribution in [0.25, 0.3) is 33.4 Å². The minimum absolute atomic E-state index is 0.0187. The van der Waals surface area contributed by atoms with Crippen molar-refractivity contribution in [1.29, 1.82) is 0 Å². The number of carbonyl (C=O) groups is 3. The maximum absolute atomic E-state index is 14.0. The highest BCUT2D eigenvalue weighted by molar-refractivity contribution is 5.97. The summed E-state index contributed by atoms with van der Waals surface area (Å²) in [6, 6.07) is 18.6. The van der Waals surface area contributed by atoms with E-state index in [1.165, 1.54) is 12.1 Å². The van der Waals surface area contributed by atoms with Crippen molar-refractivity contribution in [2.45, 2.75) is 38.6 Å². The molecule has 3 aliphatic rings. The molecule has 0 atom stereocenters. The van der Waals surface area contributed by atoms with Gasteiger partial charge >= 0.3 is 0 Å². The van der Waals surface area contributed by atoms with Crippen LogP contribution in [0, 0.1) is 11.7 Å². The lowest BCUT2D eigenvalue weighted by molar-refractivity contribution is -0.141. The summed E-state index contributed by atoms with van der Waals surface area (Å²) in [7, 11) is 2.01. The zero-order valence-electron chi connectivity index (χ0n) is 27.8. The number of fused-ring (bicyclic) bond motifs is 1. The SMILES string of the molecule is CC(=O)N1CCC(C(=O)N2CCC(N3CCN(C(=O)c4cc(-c5ccc(F)cc5)nc(-c5ccc6c(ccn6C)c5)c4)CC3)CC2)CC1. The molecule has 3 aliphatic heterocycles. The monoisotopic (exact) mass is 650 g/mol. The zero-order valence-corrected chi connectivity index (χ0v) is 27.8. The van der Waals surface area contributed by atoms with Crippen LogP contribution in [-0.2, 0) is 16.6 Å². The van der Waals surface area contributed by atoms with Gasteiger partial charge in [-0.2, -0.15) is 0 Å². The molecule has 0 spiro atoms. The molecule has 0 aliphatic carbocycles. The Bertz CT molecular complexity index is 1810. The van der Waals surface area contributed by atoms with Crippen molar-refractivity contribution < 1.29 is 18.8 Å². The quantitative estimate of drug-likeness (QED) is 0.302. The molecule has 3 amide bonds. The number of piperazine rings is 1. The molecule has 48 heavy (non-hydrogen) atoms. The third kappa shape index (κ3) is 6.58. The van der Waals surface area contributed by atoms with Gasteiger partial charge in [0.15, 0.2) is 0 Å². The first-order valence-corrected chi connectivity index (χ1v) is 17.1. The first kappa shape index (κ1) is 32.0. The maximum atomic E-state index is 14.0. The predicted molar refractivity (Wildman–Crippen MR) is 184 cm³/mol. The Morgan fingerprint density at radius 3 is 2.00 bits per heavy atom. The Morgan fingerprint density at radius 1 is 0.708 bits per heavy atom. The maximum Gasteiger partial charge on any atom is 0.254 e. The number of aryl methyl sites for hydroxylation is 1. The molecule has 5 heterocycles. The fourth-order valence-corrected chi connectivity index (χ4v) is 7.64. The Hall–Kier alpha value is -4.57. The second-order valence-corrected chi connectivity index (χ2v) is 13.5. The van der Waals surface area contributed by atoms with E-state index in [-0.39, 0.29) is 29.5 Å². The highest BCUT2D eigenvalue weighted by Gasteiger charge is 2.34. The van der Waals surface area contributed by atoms with Crippen LogP contribution in [0.3, 0.4) is 0 Å². The highest BCUT2D eigenvalue weighted by atomic mass is 19.1. The zero-order chi connectivity index (χ0) is 33.4. The van der Waals surface area contributed by atoms with Crippen molar-refractivity contribution in [3.8, 4) is 22.5 Å². The van der Waals surface area contributed by atoms with E-state index in [1.54, 1.807) is 19.1 Å². The van der Waals surface area contributed by atoms with Crippen molar-refractivity contribution in [1.82, 2.24) is 29.2 Å². The lowest BCUT2D eigenvalue weighted by Gasteiger charge is -2.43. The summed E-state index contributed by atoms with van der Waals surface area (Å²) in [5.41, 5.74) is 4.70. The molecule has 0 radical (unpaired) electrons. The number of aromatic nitrogens is 2. The average molecular weight is 651 g/mol. The van der Waals surface area contributed by atoms with Gasteiger partial charge in [-0.25, -0.2) is 9.37 Å². The summed E-state index contributed by atoms with van der Waals surface area (Å²) in [5.74, 6) is 0.00324. The molecule has 0 saturated carbocycles. The second kappa shape index (κ2) is 13.5. The normalized spacial score (nSPS) is 18.4. The van der Waals surface area contributed by atoms with Gasteiger partial charge in [0, 0.05) is 112 Å². The fraction of sp³-hybridized carbons (Fsp3) is 0.421. The van der Waals surface area contributed by atoms with Crippen molar-refractivity contribution in [3.63, 3.8) is 0 Å². The molecule has 10 heteroatoms. The largest absolute Gasteiger partial charge is 0.351 e. The molecular formula is C38H43FN6O3.